The molecule has 0 fully saturated rings. The van der Waals surface area contributed by atoms with Crippen LogP contribution in [0.2, 0.25) is 0 Å². The van der Waals surface area contributed by atoms with Crippen LogP contribution < -0.4 is 0 Å². The fourth-order valence-electron chi connectivity index (χ4n) is 11.7. The van der Waals surface area contributed by atoms with Crippen LogP contribution in [0.15, 0.2) is 261 Å². The third-order valence-corrected chi connectivity index (χ3v) is 14.5. The highest BCUT2D eigenvalue weighted by molar-refractivity contribution is 6.26. The van der Waals surface area contributed by atoms with Gasteiger partial charge in [-0.05, 0) is 103 Å². The highest BCUT2D eigenvalue weighted by Crippen LogP contribution is 2.46. The first kappa shape index (κ1) is 41.4. The molecule has 72 heavy (non-hydrogen) atoms. The summed E-state index contributed by atoms with van der Waals surface area (Å²) < 4.78 is 12.3. The summed E-state index contributed by atoms with van der Waals surface area (Å²) in [5.74, 6) is 0. The first-order chi connectivity index (χ1) is 35.7. The Hall–Kier alpha value is -9.58. The summed E-state index contributed by atoms with van der Waals surface area (Å²) in [5, 5.41) is 9.91. The molecule has 5 nitrogen and oxygen atoms in total. The lowest BCUT2D eigenvalue weighted by atomic mass is 9.99. The van der Waals surface area contributed by atoms with E-state index in [4.69, 9.17) is 0 Å². The first-order valence-corrected chi connectivity index (χ1v) is 24.7. The van der Waals surface area contributed by atoms with Crippen molar-refractivity contribution in [2.75, 3.05) is 0 Å². The van der Waals surface area contributed by atoms with Gasteiger partial charge in [0.1, 0.15) is 11.3 Å². The van der Waals surface area contributed by atoms with Gasteiger partial charge >= 0.3 is 0 Å². The fourth-order valence-corrected chi connectivity index (χ4v) is 11.7. The Morgan fingerprint density at radius 2 is 0.639 bits per heavy atom. The molecule has 15 rings (SSSR count). The van der Waals surface area contributed by atoms with Crippen LogP contribution in [0.4, 0.5) is 0 Å². The molecule has 0 aliphatic carbocycles. The molecule has 0 atom stereocenters. The maximum absolute atomic E-state index is 3.36. The van der Waals surface area contributed by atoms with Gasteiger partial charge in [-0.3, -0.25) is 18.3 Å². The Morgan fingerprint density at radius 3 is 1.15 bits per heavy atom. The zero-order chi connectivity index (χ0) is 47.9. The van der Waals surface area contributed by atoms with Gasteiger partial charge in [-0.1, -0.05) is 164 Å². The van der Waals surface area contributed by atoms with Crippen LogP contribution in [0.25, 0.3) is 127 Å². The van der Waals surface area contributed by atoms with Crippen molar-refractivity contribution in [3.63, 3.8) is 0 Å². The number of nitrogens with zero attached hydrogens (tertiary/aromatic N) is 5. The molecule has 0 aliphatic rings. The molecule has 10 aromatic carbocycles. The summed E-state index contributed by atoms with van der Waals surface area (Å²) in [6.07, 6.45) is 1.75. The van der Waals surface area contributed by atoms with Crippen LogP contribution in [0, 0.1) is 0 Å². The number of hydrogen-bond donors (Lipinski definition) is 0. The van der Waals surface area contributed by atoms with E-state index < -0.39 is 0 Å². The quantitative estimate of drug-likeness (QED) is 0.149. The van der Waals surface area contributed by atoms with E-state index in [2.05, 4.69) is 278 Å². The fraction of sp³-hybridized carbons (Fsp3) is 0.0149. The molecule has 0 radical (unpaired) electrons. The molecule has 0 aliphatic heterocycles. The highest BCUT2D eigenvalue weighted by atomic mass is 15.2. The summed E-state index contributed by atoms with van der Waals surface area (Å²) >= 11 is 0. The summed E-state index contributed by atoms with van der Waals surface area (Å²) in [4.78, 5) is 0. The van der Waals surface area contributed by atoms with Crippen molar-refractivity contribution in [2.24, 2.45) is 0 Å². The average Bonchev–Trinajstić information content (AvgIpc) is 4.24. The largest absolute Gasteiger partial charge is 0.309 e. The monoisotopic (exact) mass is 921 g/mol. The van der Waals surface area contributed by atoms with Gasteiger partial charge in [-0.25, -0.2) is 0 Å². The summed E-state index contributed by atoms with van der Waals surface area (Å²) in [6, 6.07) is 90.8. The van der Waals surface area contributed by atoms with E-state index in [1.807, 2.05) is 6.92 Å². The molecule has 340 valence electrons. The maximum Gasteiger partial charge on any atom is 0.131 e. The predicted octanol–water partition coefficient (Wildman–Crippen LogP) is 17.7. The third-order valence-electron chi connectivity index (χ3n) is 14.5. The maximum atomic E-state index is 3.36. The zero-order valence-corrected chi connectivity index (χ0v) is 39.7. The Balaban J connectivity index is 0.00000157. The lowest BCUT2D eigenvalue weighted by Crippen LogP contribution is -2.02. The third kappa shape index (κ3) is 6.07. The first-order valence-electron chi connectivity index (χ1n) is 24.7. The van der Waals surface area contributed by atoms with Crippen molar-refractivity contribution < 1.29 is 0 Å². The van der Waals surface area contributed by atoms with Crippen molar-refractivity contribution in [2.45, 2.75) is 6.92 Å². The minimum atomic E-state index is 1.11. The van der Waals surface area contributed by atoms with E-state index in [9.17, 15) is 0 Å². The second kappa shape index (κ2) is 16.5. The molecular weight excluding hydrogens is 875 g/mol. The molecule has 0 amide bonds. The van der Waals surface area contributed by atoms with E-state index in [1.54, 1.807) is 6.08 Å². The van der Waals surface area contributed by atoms with Crippen molar-refractivity contribution in [3.8, 4) is 39.6 Å². The van der Waals surface area contributed by atoms with Gasteiger partial charge in [-0.2, -0.15) is 0 Å². The van der Waals surface area contributed by atoms with Gasteiger partial charge in [0, 0.05) is 77.1 Å². The van der Waals surface area contributed by atoms with E-state index in [-0.39, 0.29) is 0 Å². The number of para-hydroxylation sites is 8. The van der Waals surface area contributed by atoms with Crippen LogP contribution in [0.5, 0.6) is 0 Å². The number of rotatable bonds is 6. The van der Waals surface area contributed by atoms with Gasteiger partial charge in [0.05, 0.1) is 33.1 Å². The Bertz CT molecular complexity index is 4510. The highest BCUT2D eigenvalue weighted by Gasteiger charge is 2.26. The summed E-state index contributed by atoms with van der Waals surface area (Å²) in [5.41, 5.74) is 17.3. The van der Waals surface area contributed by atoms with Crippen molar-refractivity contribution in [3.05, 3.63) is 261 Å². The van der Waals surface area contributed by atoms with Crippen molar-refractivity contribution in [1.29, 1.82) is 0 Å². The van der Waals surface area contributed by atoms with Gasteiger partial charge in [0.15, 0.2) is 0 Å². The van der Waals surface area contributed by atoms with Crippen LogP contribution in [0.3, 0.4) is 0 Å². The Morgan fingerprint density at radius 1 is 0.292 bits per heavy atom. The van der Waals surface area contributed by atoms with E-state index >= 15 is 0 Å². The molecule has 0 bridgehead atoms. The lowest BCUT2D eigenvalue weighted by Gasteiger charge is -2.16. The molecule has 0 saturated carbocycles. The van der Waals surface area contributed by atoms with E-state index in [0.717, 1.165) is 50.8 Å². The molecule has 5 heteroatoms. The summed E-state index contributed by atoms with van der Waals surface area (Å²) in [7, 11) is 0. The van der Waals surface area contributed by atoms with E-state index in [1.165, 1.54) is 76.2 Å². The normalized spacial score (nSPS) is 11.7. The number of allylic oxidation sites excluding steroid dienone is 1. The molecule has 0 saturated heterocycles. The zero-order valence-electron chi connectivity index (χ0n) is 39.7. The predicted molar refractivity (Wildman–Crippen MR) is 304 cm³/mol. The minimum Gasteiger partial charge on any atom is -0.309 e. The molecular formula is C67H47N5. The average molecular weight is 922 g/mol. The molecule has 0 spiro atoms. The topological polar surface area (TPSA) is 24.6 Å². The second-order valence-electron chi connectivity index (χ2n) is 18.5. The molecule has 15 aromatic rings. The van der Waals surface area contributed by atoms with Crippen LogP contribution in [-0.4, -0.2) is 22.8 Å². The van der Waals surface area contributed by atoms with Gasteiger partial charge in [0.25, 0.3) is 0 Å². The smallest absolute Gasteiger partial charge is 0.131 e. The van der Waals surface area contributed by atoms with Crippen LogP contribution in [-0.2, 0) is 0 Å². The lowest BCUT2D eigenvalue weighted by molar-refractivity contribution is 1.06. The minimum absolute atomic E-state index is 1.11. The number of fused-ring (bicyclic) bond motifs is 13. The molecule has 0 N–H and O–H groups in total. The Kier molecular flexibility index (Phi) is 9.51. The van der Waals surface area contributed by atoms with Gasteiger partial charge in [-0.15, -0.1) is 6.58 Å². The Labute approximate surface area is 416 Å². The van der Waals surface area contributed by atoms with Crippen LogP contribution in [0.1, 0.15) is 6.92 Å². The number of aromatic nitrogens is 5. The molecule has 5 heterocycles. The number of benzene rings is 10. The molecule has 0 unspecified atom stereocenters. The van der Waals surface area contributed by atoms with Crippen molar-refractivity contribution in [1.82, 2.24) is 22.8 Å². The standard InChI is InChI=1S/C64H41N5.C3H6/c1-4-19-43(20-5-1)66-58-34-17-13-28-52(58)61-54-30-18-29-48(62(54)69(64(61)66)45-23-8-3-9-24-45)42-35-40-53-59(41-42)68(44-21-6-2-7-22-44)63-60(53)51-27-12-16-33-57(51)67(63)47-38-36-46(37-39-47)65-55-31-14-10-25-49(55)50-26-11-15-32-56(50)65;1-3-2/h1-41H;3H,1H2,2H3. The van der Waals surface area contributed by atoms with Crippen molar-refractivity contribution >= 4 is 87.5 Å². The summed E-state index contributed by atoms with van der Waals surface area (Å²) in [6.45, 7) is 5.25. The number of hydrogen-bond acceptors (Lipinski definition) is 0. The van der Waals surface area contributed by atoms with Crippen LogP contribution >= 0.6 is 0 Å². The van der Waals surface area contributed by atoms with Gasteiger partial charge < -0.3 is 4.57 Å². The van der Waals surface area contributed by atoms with E-state index in [0.29, 0.717) is 0 Å². The van der Waals surface area contributed by atoms with Gasteiger partial charge in [0.2, 0.25) is 0 Å². The SMILES string of the molecule is C=CC.c1ccc(-n2c3cc(-c4cccc5c6c7ccccc7n(-c7ccccc7)c6n(-c6ccccc6)c45)ccc3c3c4ccccc4n(-c4ccc(-n5c6ccccc6c6ccccc65)cc4)c32)cc1. The second-order valence-corrected chi connectivity index (χ2v) is 18.5. The molecule has 5 aromatic heterocycles.